The van der Waals surface area contributed by atoms with Gasteiger partial charge in [0.05, 0.1) is 4.21 Å². The number of nitrogens with zero attached hydrogens (tertiary/aromatic N) is 1. The van der Waals surface area contributed by atoms with Crippen LogP contribution in [0.4, 0.5) is 0 Å². The van der Waals surface area contributed by atoms with E-state index in [0.717, 1.165) is 0 Å². The fourth-order valence-electron chi connectivity index (χ4n) is 0.906. The van der Waals surface area contributed by atoms with Gasteiger partial charge in [-0.2, -0.15) is 0 Å². The summed E-state index contributed by atoms with van der Waals surface area (Å²) in [5.74, 6) is 0.288. The van der Waals surface area contributed by atoms with Gasteiger partial charge in [0, 0.05) is 11.7 Å². The number of hydrogen-bond acceptors (Lipinski definition) is 4. The second-order valence-corrected chi connectivity index (χ2v) is 5.34. The quantitative estimate of drug-likeness (QED) is 0.267. The van der Waals surface area contributed by atoms with E-state index >= 15 is 0 Å². The van der Waals surface area contributed by atoms with Crippen molar-refractivity contribution in [2.24, 2.45) is 10.9 Å². The normalized spacial score (nSPS) is 14.4. The number of amidine groups is 1. The Morgan fingerprint density at radius 3 is 3.15 bits per heavy atom. The summed E-state index contributed by atoms with van der Waals surface area (Å²) >= 11 is 3.45. The summed E-state index contributed by atoms with van der Waals surface area (Å²) in [4.78, 5) is 0. The van der Waals surface area contributed by atoms with E-state index in [-0.39, 0.29) is 5.84 Å². The van der Waals surface area contributed by atoms with Crippen molar-refractivity contribution in [1.29, 1.82) is 0 Å². The smallest absolute Gasteiger partial charge is 0.140 e. The predicted molar refractivity (Wildman–Crippen MR) is 57.7 cm³/mol. The number of nitrogens with two attached hydrogens (primary N) is 1. The molecule has 0 bridgehead atoms. The molecule has 1 rings (SSSR count). The zero-order valence-electron chi connectivity index (χ0n) is 7.30. The maximum Gasteiger partial charge on any atom is 0.140 e. The summed E-state index contributed by atoms with van der Waals surface area (Å²) in [5.41, 5.74) is 5.39. The van der Waals surface area contributed by atoms with E-state index in [2.05, 4.69) is 18.1 Å². The molecule has 72 valence electrons. The number of oxime groups is 1. The third-order valence-corrected chi connectivity index (χ3v) is 3.61. The summed E-state index contributed by atoms with van der Waals surface area (Å²) < 4.78 is 1.26. The molecule has 0 amide bonds. The van der Waals surface area contributed by atoms with Crippen LogP contribution in [0.5, 0.6) is 0 Å². The van der Waals surface area contributed by atoms with Gasteiger partial charge >= 0.3 is 0 Å². The highest BCUT2D eigenvalue weighted by Gasteiger charge is 2.07. The fourth-order valence-corrected chi connectivity index (χ4v) is 3.04. The highest BCUT2D eigenvalue weighted by molar-refractivity contribution is 8.01. The van der Waals surface area contributed by atoms with Crippen LogP contribution in [0, 0.1) is 0 Å². The van der Waals surface area contributed by atoms with Gasteiger partial charge in [-0.3, -0.25) is 0 Å². The molecule has 1 aromatic rings. The maximum absolute atomic E-state index is 8.37. The van der Waals surface area contributed by atoms with E-state index in [1.807, 2.05) is 11.4 Å². The van der Waals surface area contributed by atoms with Gasteiger partial charge in [-0.25, -0.2) is 0 Å². The zero-order chi connectivity index (χ0) is 9.68. The summed E-state index contributed by atoms with van der Waals surface area (Å²) in [6, 6.07) is 4.08. The number of rotatable bonds is 4. The van der Waals surface area contributed by atoms with Crippen LogP contribution in [0.3, 0.4) is 0 Å². The Balaban J connectivity index is 2.38. The summed E-state index contributed by atoms with van der Waals surface area (Å²) in [7, 11) is 0. The number of thioether (sulfide) groups is 1. The molecule has 1 heterocycles. The molecule has 0 saturated heterocycles. The van der Waals surface area contributed by atoms with Crippen LogP contribution < -0.4 is 5.73 Å². The van der Waals surface area contributed by atoms with Crippen LogP contribution in [-0.4, -0.2) is 16.3 Å². The molecule has 0 saturated carbocycles. The largest absolute Gasteiger partial charge is 0.409 e. The van der Waals surface area contributed by atoms with Gasteiger partial charge in [-0.1, -0.05) is 18.1 Å². The highest BCUT2D eigenvalue weighted by Crippen LogP contribution is 2.28. The lowest BCUT2D eigenvalue weighted by Crippen LogP contribution is -2.16. The highest BCUT2D eigenvalue weighted by atomic mass is 32.2. The van der Waals surface area contributed by atoms with E-state index in [1.54, 1.807) is 23.1 Å². The van der Waals surface area contributed by atoms with Crippen LogP contribution in [0.15, 0.2) is 26.9 Å². The molecule has 13 heavy (non-hydrogen) atoms. The summed E-state index contributed by atoms with van der Waals surface area (Å²) in [6.45, 7) is 2.06. The first kappa shape index (κ1) is 10.4. The lowest BCUT2D eigenvalue weighted by Gasteiger charge is -2.07. The lowest BCUT2D eigenvalue weighted by molar-refractivity contribution is 0.317. The van der Waals surface area contributed by atoms with Crippen molar-refractivity contribution >= 4 is 28.9 Å². The Morgan fingerprint density at radius 1 is 1.85 bits per heavy atom. The van der Waals surface area contributed by atoms with Gasteiger partial charge in [0.1, 0.15) is 5.84 Å². The first-order valence-corrected chi connectivity index (χ1v) is 5.65. The predicted octanol–water partition coefficient (Wildman–Crippen LogP) is 2.37. The van der Waals surface area contributed by atoms with Crippen LogP contribution in [0.2, 0.25) is 0 Å². The Morgan fingerprint density at radius 2 is 2.62 bits per heavy atom. The average molecular weight is 216 g/mol. The third kappa shape index (κ3) is 3.69. The molecule has 0 aromatic carbocycles. The molecular formula is C8H12N2OS2. The SMILES string of the molecule is CC(CC(N)=NO)Sc1cccs1. The monoisotopic (exact) mass is 216 g/mol. The van der Waals surface area contributed by atoms with Crippen molar-refractivity contribution < 1.29 is 5.21 Å². The van der Waals surface area contributed by atoms with Crippen LogP contribution in [-0.2, 0) is 0 Å². The molecule has 0 aliphatic carbocycles. The minimum atomic E-state index is 0.288. The van der Waals surface area contributed by atoms with E-state index in [9.17, 15) is 0 Å². The Labute approximate surface area is 85.6 Å². The second-order valence-electron chi connectivity index (χ2n) is 2.66. The molecule has 0 radical (unpaired) electrons. The van der Waals surface area contributed by atoms with Crippen molar-refractivity contribution in [2.75, 3.05) is 0 Å². The summed E-state index contributed by atoms with van der Waals surface area (Å²) in [6.07, 6.45) is 0.610. The third-order valence-electron chi connectivity index (χ3n) is 1.44. The number of thiophene rings is 1. The van der Waals surface area contributed by atoms with E-state index < -0.39 is 0 Å². The van der Waals surface area contributed by atoms with Crippen molar-refractivity contribution in [2.45, 2.75) is 22.8 Å². The number of hydrogen-bond donors (Lipinski definition) is 2. The topological polar surface area (TPSA) is 58.6 Å². The maximum atomic E-state index is 8.37. The molecule has 3 N–H and O–H groups in total. The van der Waals surface area contributed by atoms with Crippen LogP contribution in [0.1, 0.15) is 13.3 Å². The molecule has 0 fully saturated rings. The molecule has 5 heteroatoms. The summed E-state index contributed by atoms with van der Waals surface area (Å²) in [5, 5.41) is 13.7. The molecule has 0 aliphatic heterocycles. The van der Waals surface area contributed by atoms with Crippen LogP contribution in [0.25, 0.3) is 0 Å². The molecule has 1 unspecified atom stereocenters. The Hall–Kier alpha value is -0.680. The Bertz CT molecular complexity index is 272. The Kier molecular flexibility index (Phi) is 4.11. The fraction of sp³-hybridized carbons (Fsp3) is 0.375. The van der Waals surface area contributed by atoms with E-state index in [4.69, 9.17) is 10.9 Å². The standard InChI is InChI=1S/C8H12N2OS2/c1-6(5-7(9)10-11)13-8-3-2-4-12-8/h2-4,6,11H,5H2,1H3,(H2,9,10). The zero-order valence-corrected chi connectivity index (χ0v) is 8.94. The minimum absolute atomic E-state index is 0.288. The first-order chi connectivity index (χ1) is 6.22. The molecule has 3 nitrogen and oxygen atoms in total. The van der Waals surface area contributed by atoms with Gasteiger partial charge in [0.25, 0.3) is 0 Å². The van der Waals surface area contributed by atoms with Gasteiger partial charge in [-0.05, 0) is 11.4 Å². The van der Waals surface area contributed by atoms with Crippen LogP contribution >= 0.6 is 23.1 Å². The molecule has 0 aliphatic rings. The molecule has 1 aromatic heterocycles. The first-order valence-electron chi connectivity index (χ1n) is 3.89. The van der Waals surface area contributed by atoms with Crippen molar-refractivity contribution in [3.63, 3.8) is 0 Å². The van der Waals surface area contributed by atoms with Crippen molar-refractivity contribution in [3.05, 3.63) is 17.5 Å². The van der Waals surface area contributed by atoms with E-state index in [0.29, 0.717) is 11.7 Å². The van der Waals surface area contributed by atoms with Gasteiger partial charge < -0.3 is 10.9 Å². The van der Waals surface area contributed by atoms with Gasteiger partial charge in [0.2, 0.25) is 0 Å². The molecular weight excluding hydrogens is 204 g/mol. The van der Waals surface area contributed by atoms with Crippen molar-refractivity contribution in [1.82, 2.24) is 0 Å². The second kappa shape index (κ2) is 5.14. The minimum Gasteiger partial charge on any atom is -0.409 e. The van der Waals surface area contributed by atoms with Gasteiger partial charge in [0.15, 0.2) is 0 Å². The molecule has 0 spiro atoms. The van der Waals surface area contributed by atoms with E-state index in [1.165, 1.54) is 4.21 Å². The van der Waals surface area contributed by atoms with Crippen molar-refractivity contribution in [3.8, 4) is 0 Å². The average Bonchev–Trinajstić information content (AvgIpc) is 2.56. The lowest BCUT2D eigenvalue weighted by atomic mass is 10.3. The molecule has 1 atom stereocenters. The van der Waals surface area contributed by atoms with Gasteiger partial charge in [-0.15, -0.1) is 23.1 Å².